The van der Waals surface area contributed by atoms with Gasteiger partial charge in [0.2, 0.25) is 11.4 Å². The van der Waals surface area contributed by atoms with E-state index in [1.54, 1.807) is 0 Å². The van der Waals surface area contributed by atoms with E-state index in [1.807, 2.05) is 70.2 Å². The number of hydrogen-bond donors (Lipinski definition) is 1. The van der Waals surface area contributed by atoms with Crippen LogP contribution in [0.1, 0.15) is 33.3 Å². The van der Waals surface area contributed by atoms with E-state index in [0.717, 1.165) is 16.0 Å². The minimum Gasteiger partial charge on any atom is -0.622 e. The summed E-state index contributed by atoms with van der Waals surface area (Å²) in [7, 11) is 0. The molecular weight excluding hydrogens is 224 g/mol. The summed E-state index contributed by atoms with van der Waals surface area (Å²) < 4.78 is 1.06. The van der Waals surface area contributed by atoms with Crippen molar-refractivity contribution in [2.24, 2.45) is 0 Å². The first-order valence-corrected chi connectivity index (χ1v) is 6.20. The molecule has 0 aromatic heterocycles. The van der Waals surface area contributed by atoms with E-state index in [9.17, 15) is 5.21 Å². The summed E-state index contributed by atoms with van der Waals surface area (Å²) in [6.07, 6.45) is 3.88. The average molecular weight is 244 g/mol. The number of rotatable bonds is 2. The van der Waals surface area contributed by atoms with Gasteiger partial charge in [-0.3, -0.25) is 0 Å². The van der Waals surface area contributed by atoms with E-state index in [-0.39, 0.29) is 5.54 Å². The number of nitrogens with zero attached hydrogens (tertiary/aromatic N) is 1. The third-order valence-electron chi connectivity index (χ3n) is 3.22. The Hall–Kier alpha value is -1.61. The molecule has 1 N–H and O–H groups in total. The van der Waals surface area contributed by atoms with Crippen molar-refractivity contribution >= 4 is 11.8 Å². The second-order valence-electron chi connectivity index (χ2n) is 5.73. The fourth-order valence-electron chi connectivity index (χ4n) is 2.45. The van der Waals surface area contributed by atoms with Crippen LogP contribution in [0.15, 0.2) is 36.4 Å². The molecule has 0 atom stereocenters. The molecule has 0 spiro atoms. The van der Waals surface area contributed by atoms with Crippen LogP contribution in [0.4, 0.5) is 0 Å². The third-order valence-corrected chi connectivity index (χ3v) is 3.22. The van der Waals surface area contributed by atoms with Crippen molar-refractivity contribution in [2.75, 3.05) is 0 Å². The fourth-order valence-corrected chi connectivity index (χ4v) is 2.45. The van der Waals surface area contributed by atoms with Gasteiger partial charge in [0.15, 0.2) is 0 Å². The van der Waals surface area contributed by atoms with Crippen molar-refractivity contribution in [1.82, 2.24) is 5.32 Å². The molecule has 1 aromatic rings. The van der Waals surface area contributed by atoms with Gasteiger partial charge < -0.3 is 5.21 Å². The van der Waals surface area contributed by atoms with Crippen molar-refractivity contribution in [1.29, 1.82) is 0 Å². The molecule has 0 radical (unpaired) electrons. The number of hydrogen-bond acceptors (Lipinski definition) is 2. The summed E-state index contributed by atoms with van der Waals surface area (Å²) in [5, 5.41) is 15.6. The van der Waals surface area contributed by atoms with Crippen molar-refractivity contribution in [3.63, 3.8) is 0 Å². The summed E-state index contributed by atoms with van der Waals surface area (Å²) in [6, 6.07) is 10.00. The molecule has 3 heteroatoms. The predicted octanol–water partition coefficient (Wildman–Crippen LogP) is 2.77. The maximum atomic E-state index is 12.2. The zero-order valence-corrected chi connectivity index (χ0v) is 11.4. The summed E-state index contributed by atoms with van der Waals surface area (Å²) >= 11 is 0. The van der Waals surface area contributed by atoms with Gasteiger partial charge in [0.25, 0.3) is 0 Å². The van der Waals surface area contributed by atoms with Crippen molar-refractivity contribution in [3.05, 3.63) is 47.2 Å². The molecule has 0 amide bonds. The zero-order chi connectivity index (χ0) is 13.4. The Morgan fingerprint density at radius 1 is 1.06 bits per heavy atom. The van der Waals surface area contributed by atoms with E-state index >= 15 is 0 Å². The van der Waals surface area contributed by atoms with Gasteiger partial charge in [0.1, 0.15) is 5.54 Å². The Bertz CT molecular complexity index is 498. The molecule has 3 nitrogen and oxygen atoms in total. The van der Waals surface area contributed by atoms with E-state index in [4.69, 9.17) is 0 Å². The van der Waals surface area contributed by atoms with Crippen molar-refractivity contribution < 1.29 is 4.74 Å². The monoisotopic (exact) mass is 244 g/mol. The lowest BCUT2D eigenvalue weighted by Crippen LogP contribution is -2.49. The zero-order valence-electron chi connectivity index (χ0n) is 11.4. The molecule has 0 aliphatic carbocycles. The highest BCUT2D eigenvalue weighted by Gasteiger charge is 2.47. The Balaban J connectivity index is 2.33. The SMILES string of the molecule is CC1(C)NC(C)(C)[N+]([O-])=C1C=Cc1ccccc1. The van der Waals surface area contributed by atoms with Crippen LogP contribution in [0, 0.1) is 5.21 Å². The molecule has 18 heavy (non-hydrogen) atoms. The van der Waals surface area contributed by atoms with Gasteiger partial charge in [0, 0.05) is 19.9 Å². The van der Waals surface area contributed by atoms with Crippen LogP contribution >= 0.6 is 0 Å². The van der Waals surface area contributed by atoms with Crippen LogP contribution in [0.2, 0.25) is 0 Å². The molecule has 0 saturated heterocycles. The largest absolute Gasteiger partial charge is 0.622 e. The van der Waals surface area contributed by atoms with Gasteiger partial charge in [-0.05, 0) is 25.5 Å². The normalized spacial score (nSPS) is 21.8. The number of benzene rings is 1. The highest BCUT2D eigenvalue weighted by atomic mass is 16.5. The van der Waals surface area contributed by atoms with Crippen LogP contribution in [-0.4, -0.2) is 21.7 Å². The second kappa shape index (κ2) is 4.25. The highest BCUT2D eigenvalue weighted by molar-refractivity contribution is 6.02. The van der Waals surface area contributed by atoms with Crippen LogP contribution in [0.25, 0.3) is 6.08 Å². The van der Waals surface area contributed by atoms with Gasteiger partial charge in [0.05, 0.1) is 0 Å². The Morgan fingerprint density at radius 2 is 1.67 bits per heavy atom. The molecule has 0 saturated carbocycles. The van der Waals surface area contributed by atoms with E-state index in [0.29, 0.717) is 0 Å². The number of hydroxylamine groups is 1. The van der Waals surface area contributed by atoms with E-state index < -0.39 is 5.66 Å². The topological polar surface area (TPSA) is 38.1 Å². The summed E-state index contributed by atoms with van der Waals surface area (Å²) in [5.74, 6) is 0. The van der Waals surface area contributed by atoms with Gasteiger partial charge in [-0.15, -0.1) is 0 Å². The van der Waals surface area contributed by atoms with Gasteiger partial charge >= 0.3 is 0 Å². The lowest BCUT2D eigenvalue weighted by atomic mass is 9.98. The van der Waals surface area contributed by atoms with Crippen LogP contribution < -0.4 is 5.32 Å². The number of nitrogens with one attached hydrogen (secondary N) is 1. The molecule has 0 unspecified atom stereocenters. The first-order valence-electron chi connectivity index (χ1n) is 6.20. The van der Waals surface area contributed by atoms with Gasteiger partial charge in [-0.1, -0.05) is 30.3 Å². The molecule has 1 aromatic carbocycles. The standard InChI is InChI=1S/C15H20N2O/c1-14(2)13(17(18)15(3,4)16-14)11-10-12-8-6-5-7-9-12/h5-11,16H,1-4H3. The third kappa shape index (κ3) is 2.31. The molecule has 0 fully saturated rings. The average Bonchev–Trinajstić information content (AvgIpc) is 2.43. The Kier molecular flexibility index (Phi) is 3.03. The molecule has 2 rings (SSSR count). The first-order chi connectivity index (χ1) is 8.33. The highest BCUT2D eigenvalue weighted by Crippen LogP contribution is 2.23. The smallest absolute Gasteiger partial charge is 0.222 e. The molecule has 1 aliphatic rings. The second-order valence-corrected chi connectivity index (χ2v) is 5.73. The summed E-state index contributed by atoms with van der Waals surface area (Å²) in [6.45, 7) is 7.84. The quantitative estimate of drug-likeness (QED) is 0.641. The summed E-state index contributed by atoms with van der Waals surface area (Å²) in [5.41, 5.74) is 0.992. The fraction of sp³-hybridized carbons (Fsp3) is 0.400. The lowest BCUT2D eigenvalue weighted by Gasteiger charge is -2.21. The van der Waals surface area contributed by atoms with Crippen LogP contribution in [-0.2, 0) is 0 Å². The molecule has 1 aliphatic heterocycles. The van der Waals surface area contributed by atoms with Gasteiger partial charge in [-0.2, -0.15) is 4.74 Å². The van der Waals surface area contributed by atoms with E-state index in [2.05, 4.69) is 5.32 Å². The summed E-state index contributed by atoms with van der Waals surface area (Å²) in [4.78, 5) is 0. The first kappa shape index (κ1) is 12.8. The van der Waals surface area contributed by atoms with E-state index in [1.165, 1.54) is 0 Å². The van der Waals surface area contributed by atoms with Crippen molar-refractivity contribution in [2.45, 2.75) is 38.9 Å². The maximum absolute atomic E-state index is 12.2. The Morgan fingerprint density at radius 3 is 2.17 bits per heavy atom. The lowest BCUT2D eigenvalue weighted by molar-refractivity contribution is -0.536. The Labute approximate surface area is 108 Å². The minimum atomic E-state index is -0.556. The molecule has 96 valence electrons. The predicted molar refractivity (Wildman–Crippen MR) is 75.4 cm³/mol. The molecular formula is C15H20N2O. The van der Waals surface area contributed by atoms with Crippen LogP contribution in [0.3, 0.4) is 0 Å². The molecule has 1 heterocycles. The molecule has 0 bridgehead atoms. The van der Waals surface area contributed by atoms with Crippen molar-refractivity contribution in [3.8, 4) is 0 Å². The minimum absolute atomic E-state index is 0.309. The maximum Gasteiger partial charge on any atom is 0.222 e. The van der Waals surface area contributed by atoms with Gasteiger partial charge in [-0.25, -0.2) is 5.32 Å². The van der Waals surface area contributed by atoms with Crippen LogP contribution in [0.5, 0.6) is 0 Å².